The quantitative estimate of drug-likeness (QED) is 0.880. The highest BCUT2D eigenvalue weighted by molar-refractivity contribution is 7.10. The van der Waals surface area contributed by atoms with Gasteiger partial charge in [0.1, 0.15) is 0 Å². The average molecular weight is 268 g/mol. The van der Waals surface area contributed by atoms with Crippen molar-refractivity contribution in [2.45, 2.75) is 25.8 Å². The van der Waals surface area contributed by atoms with E-state index in [1.54, 1.807) is 11.3 Å². The summed E-state index contributed by atoms with van der Waals surface area (Å²) in [5.74, 6) is 0.576. The van der Waals surface area contributed by atoms with Crippen molar-refractivity contribution in [3.63, 3.8) is 0 Å². The second-order valence-corrected chi connectivity index (χ2v) is 5.29. The average Bonchev–Trinajstić information content (AvgIpc) is 2.81. The third-order valence-electron chi connectivity index (χ3n) is 2.81. The molecule has 0 unspecified atom stereocenters. The second-order valence-electron chi connectivity index (χ2n) is 4.31. The first-order valence-corrected chi connectivity index (χ1v) is 6.45. The first kappa shape index (κ1) is 14.2. The van der Waals surface area contributed by atoms with E-state index < -0.39 is 0 Å². The van der Waals surface area contributed by atoms with Crippen molar-refractivity contribution in [2.24, 2.45) is 5.73 Å². The van der Waals surface area contributed by atoms with E-state index in [0.717, 1.165) is 0 Å². The minimum Gasteiger partial charge on any atom is -0.320 e. The Morgan fingerprint density at radius 1 is 1.00 bits per heavy atom. The number of nitrogens with two attached hydrogens (primary N) is 1. The highest BCUT2D eigenvalue weighted by atomic mass is 35.5. The molecule has 1 atom stereocenters. The molecule has 0 aliphatic carbocycles. The Bertz CT molecular complexity index is 434. The molecule has 0 spiro atoms. The Balaban J connectivity index is 0.00000144. The Morgan fingerprint density at radius 2 is 1.59 bits per heavy atom. The van der Waals surface area contributed by atoms with Crippen LogP contribution in [-0.2, 0) is 0 Å². The van der Waals surface area contributed by atoms with E-state index in [0.29, 0.717) is 5.92 Å². The van der Waals surface area contributed by atoms with Crippen molar-refractivity contribution in [1.82, 2.24) is 0 Å². The minimum absolute atomic E-state index is 0. The third-order valence-corrected chi connectivity index (χ3v) is 3.77. The predicted octanol–water partition coefficient (Wildman–Crippen LogP) is 4.34. The zero-order valence-corrected chi connectivity index (χ0v) is 11.7. The van der Waals surface area contributed by atoms with Gasteiger partial charge in [-0.3, -0.25) is 0 Å². The van der Waals surface area contributed by atoms with Gasteiger partial charge in [-0.25, -0.2) is 0 Å². The zero-order valence-electron chi connectivity index (χ0n) is 10.1. The molecule has 0 amide bonds. The van der Waals surface area contributed by atoms with Gasteiger partial charge < -0.3 is 5.73 Å². The molecule has 1 aromatic heterocycles. The van der Waals surface area contributed by atoms with Crippen LogP contribution in [-0.4, -0.2) is 0 Å². The van der Waals surface area contributed by atoms with E-state index in [4.69, 9.17) is 5.73 Å². The zero-order chi connectivity index (χ0) is 11.5. The van der Waals surface area contributed by atoms with Crippen LogP contribution in [0.3, 0.4) is 0 Å². The Kier molecular flexibility index (Phi) is 5.19. The van der Waals surface area contributed by atoms with Gasteiger partial charge in [0, 0.05) is 4.88 Å². The van der Waals surface area contributed by atoms with Crippen molar-refractivity contribution in [2.75, 3.05) is 0 Å². The molecule has 1 heterocycles. The topological polar surface area (TPSA) is 26.0 Å². The van der Waals surface area contributed by atoms with Crippen molar-refractivity contribution in [1.29, 1.82) is 0 Å². The molecular weight excluding hydrogens is 250 g/mol. The molecule has 0 aliphatic heterocycles. The van der Waals surface area contributed by atoms with Gasteiger partial charge >= 0.3 is 0 Å². The lowest BCUT2D eigenvalue weighted by Gasteiger charge is -2.12. The fourth-order valence-electron chi connectivity index (χ4n) is 1.72. The Labute approximate surface area is 113 Å². The highest BCUT2D eigenvalue weighted by Gasteiger charge is 2.09. The summed E-state index contributed by atoms with van der Waals surface area (Å²) in [4.78, 5) is 1.22. The van der Waals surface area contributed by atoms with Crippen molar-refractivity contribution < 1.29 is 0 Å². The van der Waals surface area contributed by atoms with Crippen LogP contribution in [0.1, 0.15) is 41.8 Å². The van der Waals surface area contributed by atoms with E-state index in [9.17, 15) is 0 Å². The van der Waals surface area contributed by atoms with Gasteiger partial charge in [-0.1, -0.05) is 44.2 Å². The van der Waals surface area contributed by atoms with Crippen LogP contribution in [0.15, 0.2) is 41.8 Å². The van der Waals surface area contributed by atoms with Crippen LogP contribution in [0, 0.1) is 0 Å². The van der Waals surface area contributed by atoms with Gasteiger partial charge in [0.05, 0.1) is 6.04 Å². The van der Waals surface area contributed by atoms with Gasteiger partial charge in [-0.2, -0.15) is 0 Å². The number of hydrogen-bond acceptors (Lipinski definition) is 2. The monoisotopic (exact) mass is 267 g/mol. The van der Waals surface area contributed by atoms with Crippen LogP contribution in [0.2, 0.25) is 0 Å². The number of thiophene rings is 1. The second kappa shape index (κ2) is 6.20. The molecular formula is C14H18ClNS. The molecule has 0 fully saturated rings. The summed E-state index contributed by atoms with van der Waals surface area (Å²) in [6, 6.07) is 12.8. The smallest absolute Gasteiger partial charge is 0.0645 e. The first-order chi connectivity index (χ1) is 7.68. The molecule has 0 radical (unpaired) electrons. The molecule has 0 bridgehead atoms. The van der Waals surface area contributed by atoms with Crippen molar-refractivity contribution in [3.8, 4) is 0 Å². The normalized spacial score (nSPS) is 12.2. The van der Waals surface area contributed by atoms with Gasteiger partial charge in [0.25, 0.3) is 0 Å². The van der Waals surface area contributed by atoms with Crippen molar-refractivity contribution in [3.05, 3.63) is 57.8 Å². The van der Waals surface area contributed by atoms with E-state index in [1.807, 2.05) is 6.07 Å². The summed E-state index contributed by atoms with van der Waals surface area (Å²) in [6.07, 6.45) is 0. The van der Waals surface area contributed by atoms with Crippen LogP contribution in [0.25, 0.3) is 0 Å². The number of rotatable bonds is 3. The molecule has 17 heavy (non-hydrogen) atoms. The van der Waals surface area contributed by atoms with E-state index in [2.05, 4.69) is 49.6 Å². The third kappa shape index (κ3) is 3.32. The summed E-state index contributed by atoms with van der Waals surface area (Å²) < 4.78 is 0. The summed E-state index contributed by atoms with van der Waals surface area (Å²) >= 11 is 1.71. The SMILES string of the molecule is CC(C)c1ccc([C@@H](N)c2cccs2)cc1.Cl. The molecule has 0 saturated heterocycles. The van der Waals surface area contributed by atoms with Crippen molar-refractivity contribution >= 4 is 23.7 Å². The van der Waals surface area contributed by atoms with Gasteiger partial charge in [-0.05, 0) is 28.5 Å². The fourth-order valence-corrected chi connectivity index (χ4v) is 2.47. The van der Waals surface area contributed by atoms with Crippen LogP contribution >= 0.6 is 23.7 Å². The van der Waals surface area contributed by atoms with Gasteiger partial charge in [-0.15, -0.1) is 23.7 Å². The Hall–Kier alpha value is -0.830. The first-order valence-electron chi connectivity index (χ1n) is 5.57. The van der Waals surface area contributed by atoms with E-state index >= 15 is 0 Å². The number of benzene rings is 1. The van der Waals surface area contributed by atoms with E-state index in [1.165, 1.54) is 16.0 Å². The van der Waals surface area contributed by atoms with Crippen LogP contribution < -0.4 is 5.73 Å². The maximum absolute atomic E-state index is 6.20. The largest absolute Gasteiger partial charge is 0.320 e. The summed E-state index contributed by atoms with van der Waals surface area (Å²) in [7, 11) is 0. The van der Waals surface area contributed by atoms with Crippen LogP contribution in [0.4, 0.5) is 0 Å². The van der Waals surface area contributed by atoms with Gasteiger partial charge in [0.15, 0.2) is 0 Å². The molecule has 3 heteroatoms. The lowest BCUT2D eigenvalue weighted by molar-refractivity contribution is 0.854. The molecule has 2 aromatic rings. The lowest BCUT2D eigenvalue weighted by atomic mass is 9.99. The standard InChI is InChI=1S/C14H17NS.ClH/c1-10(2)11-5-7-12(8-6-11)14(15)13-4-3-9-16-13;/h3-10,14H,15H2,1-2H3;1H/t14-;/m1./s1. The molecule has 0 saturated carbocycles. The molecule has 1 nitrogen and oxygen atoms in total. The van der Waals surface area contributed by atoms with Gasteiger partial charge in [0.2, 0.25) is 0 Å². The molecule has 92 valence electrons. The lowest BCUT2D eigenvalue weighted by Crippen LogP contribution is -2.10. The van der Waals surface area contributed by atoms with E-state index in [-0.39, 0.29) is 18.4 Å². The fraction of sp³-hybridized carbons (Fsp3) is 0.286. The van der Waals surface area contributed by atoms with Crippen LogP contribution in [0.5, 0.6) is 0 Å². The molecule has 0 aliphatic rings. The highest BCUT2D eigenvalue weighted by Crippen LogP contribution is 2.25. The Morgan fingerprint density at radius 3 is 2.06 bits per heavy atom. The maximum atomic E-state index is 6.20. The molecule has 1 aromatic carbocycles. The maximum Gasteiger partial charge on any atom is 0.0645 e. The molecule has 2 N–H and O–H groups in total. The summed E-state index contributed by atoms with van der Waals surface area (Å²) in [6.45, 7) is 4.41. The predicted molar refractivity (Wildman–Crippen MR) is 78.1 cm³/mol. The number of hydrogen-bond donors (Lipinski definition) is 1. The summed E-state index contributed by atoms with van der Waals surface area (Å²) in [5.41, 5.74) is 8.75. The number of halogens is 1. The molecule has 2 rings (SSSR count). The summed E-state index contributed by atoms with van der Waals surface area (Å²) in [5, 5.41) is 2.07. The minimum atomic E-state index is 0.